The van der Waals surface area contributed by atoms with Crippen LogP contribution in [0.4, 0.5) is 8.78 Å². The lowest BCUT2D eigenvalue weighted by Gasteiger charge is -2.08. The fourth-order valence-electron chi connectivity index (χ4n) is 2.30. The number of ether oxygens (including phenoxy) is 1. The smallest absolute Gasteiger partial charge is 0.224 e. The molecule has 0 spiro atoms. The number of aromatic nitrogens is 3. The van der Waals surface area contributed by atoms with Crippen LogP contribution >= 0.6 is 0 Å². The molecule has 0 saturated carbocycles. The first-order valence-corrected chi connectivity index (χ1v) is 7.77. The highest BCUT2D eigenvalue weighted by atomic mass is 19.1. The normalized spacial score (nSPS) is 10.8. The first kappa shape index (κ1) is 16.1. The summed E-state index contributed by atoms with van der Waals surface area (Å²) in [5.41, 5.74) is 1.42. The summed E-state index contributed by atoms with van der Waals surface area (Å²) in [6.07, 6.45) is 5.11. The molecular formula is C18H17F2N3O. The van der Waals surface area contributed by atoms with E-state index in [4.69, 9.17) is 4.74 Å². The van der Waals surface area contributed by atoms with Crippen LogP contribution in [0.5, 0.6) is 5.88 Å². The third-order valence-electron chi connectivity index (χ3n) is 3.56. The van der Waals surface area contributed by atoms with Gasteiger partial charge in [0.2, 0.25) is 5.88 Å². The van der Waals surface area contributed by atoms with Gasteiger partial charge in [-0.25, -0.2) is 18.7 Å². The molecule has 124 valence electrons. The Morgan fingerprint density at radius 2 is 2.00 bits per heavy atom. The summed E-state index contributed by atoms with van der Waals surface area (Å²) < 4.78 is 32.6. The predicted octanol–water partition coefficient (Wildman–Crippen LogP) is 4.60. The van der Waals surface area contributed by atoms with Gasteiger partial charge in [-0.05, 0) is 30.7 Å². The number of rotatable bonds is 6. The first-order valence-electron chi connectivity index (χ1n) is 7.77. The summed E-state index contributed by atoms with van der Waals surface area (Å²) in [5.74, 6) is -0.259. The molecule has 0 aliphatic heterocycles. The zero-order valence-electron chi connectivity index (χ0n) is 13.2. The van der Waals surface area contributed by atoms with Crippen molar-refractivity contribution in [2.75, 3.05) is 6.61 Å². The Morgan fingerprint density at radius 3 is 2.79 bits per heavy atom. The molecule has 24 heavy (non-hydrogen) atoms. The van der Waals surface area contributed by atoms with E-state index in [1.165, 1.54) is 18.3 Å². The molecule has 6 heteroatoms. The highest BCUT2D eigenvalue weighted by Gasteiger charge is 2.14. The minimum atomic E-state index is -0.643. The van der Waals surface area contributed by atoms with Crippen molar-refractivity contribution in [1.82, 2.24) is 15.0 Å². The number of pyridine rings is 1. The van der Waals surface area contributed by atoms with Crippen molar-refractivity contribution in [1.29, 1.82) is 0 Å². The van der Waals surface area contributed by atoms with Gasteiger partial charge in [0.05, 0.1) is 24.1 Å². The fraction of sp³-hybridized carbons (Fsp3) is 0.222. The van der Waals surface area contributed by atoms with E-state index in [1.54, 1.807) is 12.3 Å². The van der Waals surface area contributed by atoms with E-state index < -0.39 is 11.6 Å². The highest BCUT2D eigenvalue weighted by molar-refractivity contribution is 5.67. The number of aromatic amines is 1. The summed E-state index contributed by atoms with van der Waals surface area (Å²) in [7, 11) is 0. The van der Waals surface area contributed by atoms with Crippen LogP contribution in [0.25, 0.3) is 22.6 Å². The van der Waals surface area contributed by atoms with Crippen molar-refractivity contribution >= 4 is 0 Å². The van der Waals surface area contributed by atoms with Crippen LogP contribution in [0.2, 0.25) is 0 Å². The molecule has 2 aromatic heterocycles. The van der Waals surface area contributed by atoms with Gasteiger partial charge in [-0.2, -0.15) is 0 Å². The number of benzene rings is 1. The molecule has 0 unspecified atom stereocenters. The summed E-state index contributed by atoms with van der Waals surface area (Å²) in [6, 6.07) is 7.05. The van der Waals surface area contributed by atoms with Crippen LogP contribution < -0.4 is 4.74 Å². The molecular weight excluding hydrogens is 312 g/mol. The van der Waals surface area contributed by atoms with Gasteiger partial charge in [0.1, 0.15) is 17.5 Å². The zero-order valence-corrected chi connectivity index (χ0v) is 13.2. The molecule has 0 amide bonds. The second kappa shape index (κ2) is 7.21. The fourth-order valence-corrected chi connectivity index (χ4v) is 2.30. The van der Waals surface area contributed by atoms with Crippen molar-refractivity contribution in [3.8, 4) is 28.5 Å². The average molecular weight is 329 g/mol. The largest absolute Gasteiger partial charge is 0.477 e. The summed E-state index contributed by atoms with van der Waals surface area (Å²) in [6.45, 7) is 2.65. The third-order valence-corrected chi connectivity index (χ3v) is 3.56. The molecule has 4 nitrogen and oxygen atoms in total. The minimum Gasteiger partial charge on any atom is -0.477 e. The lowest BCUT2D eigenvalue weighted by Crippen LogP contribution is -2.00. The van der Waals surface area contributed by atoms with Crippen LogP contribution in [0.15, 0.2) is 42.7 Å². The first-order chi connectivity index (χ1) is 11.7. The third kappa shape index (κ3) is 3.42. The number of nitrogens with one attached hydrogen (secondary N) is 1. The quantitative estimate of drug-likeness (QED) is 0.673. The number of unbranched alkanes of at least 4 members (excludes halogenated alkanes) is 1. The van der Waals surface area contributed by atoms with E-state index >= 15 is 0 Å². The van der Waals surface area contributed by atoms with Gasteiger partial charge in [-0.3, -0.25) is 0 Å². The maximum absolute atomic E-state index is 13.9. The Hall–Kier alpha value is -2.76. The van der Waals surface area contributed by atoms with Crippen LogP contribution in [-0.4, -0.2) is 21.6 Å². The van der Waals surface area contributed by atoms with E-state index in [0.29, 0.717) is 29.6 Å². The lowest BCUT2D eigenvalue weighted by atomic mass is 10.1. The number of H-pyrrole nitrogens is 1. The molecule has 3 aromatic rings. The van der Waals surface area contributed by atoms with Gasteiger partial charge in [0.25, 0.3) is 0 Å². The summed E-state index contributed by atoms with van der Waals surface area (Å²) >= 11 is 0. The molecule has 0 saturated heterocycles. The molecule has 0 aliphatic carbocycles. The SMILES string of the molecule is CCCCOc1ncccc1-c1ncc(-c2ccc(F)cc2F)[nH]1. The van der Waals surface area contributed by atoms with Gasteiger partial charge in [-0.15, -0.1) is 0 Å². The average Bonchev–Trinajstić information content (AvgIpc) is 3.05. The van der Waals surface area contributed by atoms with Gasteiger partial charge >= 0.3 is 0 Å². The number of imidazole rings is 1. The van der Waals surface area contributed by atoms with Crippen molar-refractivity contribution in [2.45, 2.75) is 19.8 Å². The monoisotopic (exact) mass is 329 g/mol. The highest BCUT2D eigenvalue weighted by Crippen LogP contribution is 2.29. The van der Waals surface area contributed by atoms with E-state index in [0.717, 1.165) is 18.9 Å². The topological polar surface area (TPSA) is 50.8 Å². The van der Waals surface area contributed by atoms with Crippen LogP contribution in [0.1, 0.15) is 19.8 Å². The van der Waals surface area contributed by atoms with E-state index in [2.05, 4.69) is 21.9 Å². The Labute approximate surface area is 138 Å². The Morgan fingerprint density at radius 1 is 1.12 bits per heavy atom. The summed E-state index contributed by atoms with van der Waals surface area (Å²) in [5, 5.41) is 0. The Kier molecular flexibility index (Phi) is 4.84. The van der Waals surface area contributed by atoms with E-state index in [1.807, 2.05) is 6.07 Å². The van der Waals surface area contributed by atoms with E-state index in [9.17, 15) is 8.78 Å². The lowest BCUT2D eigenvalue weighted by molar-refractivity contribution is 0.299. The van der Waals surface area contributed by atoms with Gasteiger partial charge in [0, 0.05) is 17.8 Å². The maximum atomic E-state index is 13.9. The van der Waals surface area contributed by atoms with Crippen molar-refractivity contribution in [3.05, 3.63) is 54.4 Å². The van der Waals surface area contributed by atoms with Crippen LogP contribution in [0, 0.1) is 11.6 Å². The van der Waals surface area contributed by atoms with Crippen LogP contribution in [-0.2, 0) is 0 Å². The molecule has 0 fully saturated rings. The molecule has 0 radical (unpaired) electrons. The standard InChI is InChI=1S/C18H17F2N3O/c1-2-3-9-24-18-14(5-4-8-21-18)17-22-11-16(23-17)13-7-6-12(19)10-15(13)20/h4-8,10-11H,2-3,9H2,1H3,(H,22,23). The summed E-state index contributed by atoms with van der Waals surface area (Å²) in [4.78, 5) is 11.6. The predicted molar refractivity (Wildman–Crippen MR) is 87.6 cm³/mol. The van der Waals surface area contributed by atoms with Gasteiger partial charge < -0.3 is 9.72 Å². The Balaban J connectivity index is 1.91. The Bertz CT molecular complexity index is 833. The number of hydrogen-bond acceptors (Lipinski definition) is 3. The second-order valence-electron chi connectivity index (χ2n) is 5.33. The number of nitrogens with zero attached hydrogens (tertiary/aromatic N) is 2. The van der Waals surface area contributed by atoms with Gasteiger partial charge in [0.15, 0.2) is 0 Å². The van der Waals surface area contributed by atoms with Crippen molar-refractivity contribution in [2.24, 2.45) is 0 Å². The molecule has 0 atom stereocenters. The van der Waals surface area contributed by atoms with Crippen LogP contribution in [0.3, 0.4) is 0 Å². The molecule has 2 heterocycles. The molecule has 0 bridgehead atoms. The second-order valence-corrected chi connectivity index (χ2v) is 5.33. The zero-order chi connectivity index (χ0) is 16.9. The molecule has 3 rings (SSSR count). The molecule has 0 aliphatic rings. The van der Waals surface area contributed by atoms with Crippen molar-refractivity contribution in [3.63, 3.8) is 0 Å². The number of hydrogen-bond donors (Lipinski definition) is 1. The maximum Gasteiger partial charge on any atom is 0.224 e. The van der Waals surface area contributed by atoms with Gasteiger partial charge in [-0.1, -0.05) is 13.3 Å². The van der Waals surface area contributed by atoms with Crippen molar-refractivity contribution < 1.29 is 13.5 Å². The van der Waals surface area contributed by atoms with E-state index in [-0.39, 0.29) is 5.56 Å². The minimum absolute atomic E-state index is 0.257. The molecule has 1 aromatic carbocycles. The molecule has 1 N–H and O–H groups in total. The number of halogens is 2.